The van der Waals surface area contributed by atoms with Crippen molar-refractivity contribution in [2.75, 3.05) is 12.4 Å². The minimum absolute atomic E-state index is 0.216. The SMILES string of the molecule is COc1ccc(C(=O)Nc2ccccc2-c2nc3c(ccc4ccccc43)o2)cc1. The minimum atomic E-state index is -0.216. The highest BCUT2D eigenvalue weighted by Crippen LogP contribution is 2.33. The predicted octanol–water partition coefficient (Wildman–Crippen LogP) is 5.91. The average Bonchev–Trinajstić information content (AvgIpc) is 3.24. The second-order valence-electron chi connectivity index (χ2n) is 6.88. The van der Waals surface area contributed by atoms with Crippen LogP contribution in [-0.2, 0) is 0 Å². The molecule has 5 heteroatoms. The molecule has 1 heterocycles. The van der Waals surface area contributed by atoms with Crippen LogP contribution in [0.3, 0.4) is 0 Å². The summed E-state index contributed by atoms with van der Waals surface area (Å²) in [6.45, 7) is 0. The summed E-state index contributed by atoms with van der Waals surface area (Å²) in [6, 6.07) is 26.4. The Bertz CT molecular complexity index is 1370. The van der Waals surface area contributed by atoms with Crippen molar-refractivity contribution in [3.63, 3.8) is 0 Å². The summed E-state index contributed by atoms with van der Waals surface area (Å²) in [5.74, 6) is 0.948. The lowest BCUT2D eigenvalue weighted by Gasteiger charge is -2.09. The van der Waals surface area contributed by atoms with Gasteiger partial charge >= 0.3 is 0 Å². The van der Waals surface area contributed by atoms with Crippen LogP contribution in [0.15, 0.2) is 89.3 Å². The Morgan fingerprint density at radius 1 is 0.900 bits per heavy atom. The third kappa shape index (κ3) is 3.16. The molecule has 0 aliphatic heterocycles. The number of anilines is 1. The number of ether oxygens (including phenoxy) is 1. The lowest BCUT2D eigenvalue weighted by Crippen LogP contribution is -2.12. The monoisotopic (exact) mass is 394 g/mol. The Morgan fingerprint density at radius 2 is 1.67 bits per heavy atom. The van der Waals surface area contributed by atoms with Crippen LogP contribution >= 0.6 is 0 Å². The first-order valence-corrected chi connectivity index (χ1v) is 9.56. The van der Waals surface area contributed by atoms with Crippen molar-refractivity contribution in [2.24, 2.45) is 0 Å². The van der Waals surface area contributed by atoms with Crippen molar-refractivity contribution in [2.45, 2.75) is 0 Å². The number of hydrogen-bond donors (Lipinski definition) is 1. The number of methoxy groups -OCH3 is 1. The number of fused-ring (bicyclic) bond motifs is 3. The van der Waals surface area contributed by atoms with Gasteiger partial charge in [0, 0.05) is 10.9 Å². The molecule has 146 valence electrons. The molecular weight excluding hydrogens is 376 g/mol. The number of rotatable bonds is 4. The second kappa shape index (κ2) is 7.37. The van der Waals surface area contributed by atoms with E-state index >= 15 is 0 Å². The number of para-hydroxylation sites is 1. The standard InChI is InChI=1S/C25H18N2O3/c1-29-18-13-10-17(11-14-18)24(28)26-21-9-5-4-8-20(21)25-27-23-19-7-3-2-6-16(19)12-15-22(23)30-25/h2-15H,1H3,(H,26,28). The molecule has 0 aliphatic rings. The zero-order valence-corrected chi connectivity index (χ0v) is 16.3. The number of carbonyl (C=O) groups excluding carboxylic acids is 1. The van der Waals surface area contributed by atoms with E-state index in [4.69, 9.17) is 14.1 Å². The van der Waals surface area contributed by atoms with Crippen molar-refractivity contribution < 1.29 is 13.9 Å². The van der Waals surface area contributed by atoms with Gasteiger partial charge < -0.3 is 14.5 Å². The Morgan fingerprint density at radius 3 is 2.50 bits per heavy atom. The molecule has 0 saturated heterocycles. The van der Waals surface area contributed by atoms with Gasteiger partial charge in [0.2, 0.25) is 5.89 Å². The highest BCUT2D eigenvalue weighted by molar-refractivity contribution is 6.07. The molecule has 5 rings (SSSR count). The van der Waals surface area contributed by atoms with E-state index in [-0.39, 0.29) is 5.91 Å². The van der Waals surface area contributed by atoms with Crippen molar-refractivity contribution >= 4 is 33.5 Å². The van der Waals surface area contributed by atoms with E-state index in [1.807, 2.05) is 60.7 Å². The van der Waals surface area contributed by atoms with Gasteiger partial charge in [-0.3, -0.25) is 4.79 Å². The molecule has 1 aromatic heterocycles. The highest BCUT2D eigenvalue weighted by atomic mass is 16.5. The Hall–Kier alpha value is -4.12. The van der Waals surface area contributed by atoms with Crippen molar-refractivity contribution in [3.05, 3.63) is 90.5 Å². The number of carbonyl (C=O) groups is 1. The van der Waals surface area contributed by atoms with Gasteiger partial charge in [-0.1, -0.05) is 42.5 Å². The van der Waals surface area contributed by atoms with Gasteiger partial charge in [-0.2, -0.15) is 0 Å². The molecule has 1 N–H and O–H groups in total. The predicted molar refractivity (Wildman–Crippen MR) is 118 cm³/mol. The number of nitrogens with zero attached hydrogens (tertiary/aromatic N) is 1. The molecule has 1 amide bonds. The summed E-state index contributed by atoms with van der Waals surface area (Å²) in [4.78, 5) is 17.5. The van der Waals surface area contributed by atoms with E-state index in [1.165, 1.54) is 0 Å². The number of aromatic nitrogens is 1. The van der Waals surface area contributed by atoms with E-state index in [1.54, 1.807) is 31.4 Å². The summed E-state index contributed by atoms with van der Waals surface area (Å²) in [7, 11) is 1.59. The Balaban J connectivity index is 1.53. The lowest BCUT2D eigenvalue weighted by atomic mass is 10.1. The molecule has 0 spiro atoms. The fourth-order valence-corrected chi connectivity index (χ4v) is 3.49. The van der Waals surface area contributed by atoms with Gasteiger partial charge in [0.25, 0.3) is 5.91 Å². The molecule has 30 heavy (non-hydrogen) atoms. The summed E-state index contributed by atoms with van der Waals surface area (Å²) in [5.41, 5.74) is 3.40. The molecular formula is C25H18N2O3. The summed E-state index contributed by atoms with van der Waals surface area (Å²) in [5, 5.41) is 5.10. The van der Waals surface area contributed by atoms with E-state index in [2.05, 4.69) is 5.32 Å². The Kier molecular flexibility index (Phi) is 4.41. The average molecular weight is 394 g/mol. The number of amides is 1. The fourth-order valence-electron chi connectivity index (χ4n) is 3.49. The molecule has 5 aromatic rings. The maximum Gasteiger partial charge on any atom is 0.255 e. The van der Waals surface area contributed by atoms with E-state index in [0.29, 0.717) is 28.5 Å². The first-order valence-electron chi connectivity index (χ1n) is 9.56. The van der Waals surface area contributed by atoms with Crippen LogP contribution in [0, 0.1) is 0 Å². The quantitative estimate of drug-likeness (QED) is 0.412. The van der Waals surface area contributed by atoms with Gasteiger partial charge in [0.05, 0.1) is 18.4 Å². The molecule has 0 saturated carbocycles. The van der Waals surface area contributed by atoms with Crippen LogP contribution in [0.1, 0.15) is 10.4 Å². The molecule has 0 bridgehead atoms. The number of benzene rings is 4. The molecule has 0 fully saturated rings. The first kappa shape index (κ1) is 17.9. The van der Waals surface area contributed by atoms with E-state index in [0.717, 1.165) is 21.9 Å². The van der Waals surface area contributed by atoms with Gasteiger partial charge in [0.1, 0.15) is 11.3 Å². The number of nitrogens with one attached hydrogen (secondary N) is 1. The maximum atomic E-state index is 12.7. The van der Waals surface area contributed by atoms with Crippen molar-refractivity contribution in [3.8, 4) is 17.2 Å². The van der Waals surface area contributed by atoms with Gasteiger partial charge in [-0.05, 0) is 47.9 Å². The number of oxazole rings is 1. The van der Waals surface area contributed by atoms with Crippen LogP contribution in [0.2, 0.25) is 0 Å². The summed E-state index contributed by atoms with van der Waals surface area (Å²) >= 11 is 0. The summed E-state index contributed by atoms with van der Waals surface area (Å²) in [6.07, 6.45) is 0. The lowest BCUT2D eigenvalue weighted by molar-refractivity contribution is 0.102. The van der Waals surface area contributed by atoms with Gasteiger partial charge in [-0.15, -0.1) is 0 Å². The van der Waals surface area contributed by atoms with Gasteiger partial charge in [-0.25, -0.2) is 4.98 Å². The molecule has 5 nitrogen and oxygen atoms in total. The summed E-state index contributed by atoms with van der Waals surface area (Å²) < 4.78 is 11.2. The van der Waals surface area contributed by atoms with Crippen LogP contribution in [0.5, 0.6) is 5.75 Å². The van der Waals surface area contributed by atoms with Gasteiger partial charge in [0.15, 0.2) is 5.58 Å². The minimum Gasteiger partial charge on any atom is -0.497 e. The van der Waals surface area contributed by atoms with Crippen LogP contribution < -0.4 is 10.1 Å². The zero-order valence-electron chi connectivity index (χ0n) is 16.3. The van der Waals surface area contributed by atoms with E-state index in [9.17, 15) is 4.79 Å². The van der Waals surface area contributed by atoms with Crippen molar-refractivity contribution in [1.29, 1.82) is 0 Å². The third-order valence-corrected chi connectivity index (χ3v) is 5.04. The fraction of sp³-hybridized carbons (Fsp3) is 0.0400. The molecule has 0 atom stereocenters. The highest BCUT2D eigenvalue weighted by Gasteiger charge is 2.16. The third-order valence-electron chi connectivity index (χ3n) is 5.04. The normalized spacial score (nSPS) is 11.0. The van der Waals surface area contributed by atoms with Crippen LogP contribution in [0.25, 0.3) is 33.3 Å². The zero-order chi connectivity index (χ0) is 20.5. The molecule has 0 radical (unpaired) electrons. The smallest absolute Gasteiger partial charge is 0.255 e. The second-order valence-corrected chi connectivity index (χ2v) is 6.88. The van der Waals surface area contributed by atoms with Crippen molar-refractivity contribution in [1.82, 2.24) is 4.98 Å². The van der Waals surface area contributed by atoms with E-state index < -0.39 is 0 Å². The Labute approximate surface area is 172 Å². The maximum absolute atomic E-state index is 12.7. The molecule has 0 aliphatic carbocycles. The largest absolute Gasteiger partial charge is 0.497 e. The first-order chi connectivity index (χ1) is 14.7. The number of hydrogen-bond acceptors (Lipinski definition) is 4. The van der Waals surface area contributed by atoms with Crippen LogP contribution in [0.4, 0.5) is 5.69 Å². The molecule has 4 aromatic carbocycles. The molecule has 0 unspecified atom stereocenters. The topological polar surface area (TPSA) is 64.4 Å². The van der Waals surface area contributed by atoms with Crippen LogP contribution in [-0.4, -0.2) is 18.0 Å².